The summed E-state index contributed by atoms with van der Waals surface area (Å²) in [5, 5.41) is 3.51. The Bertz CT molecular complexity index is 541. The van der Waals surface area contributed by atoms with Crippen LogP contribution in [0.4, 0.5) is 0 Å². The predicted molar refractivity (Wildman–Crippen MR) is 86.5 cm³/mol. The van der Waals surface area contributed by atoms with E-state index in [1.54, 1.807) is 0 Å². The lowest BCUT2D eigenvalue weighted by atomic mass is 9.96. The van der Waals surface area contributed by atoms with Gasteiger partial charge in [-0.15, -0.1) is 0 Å². The van der Waals surface area contributed by atoms with Crippen molar-refractivity contribution in [1.29, 1.82) is 0 Å². The van der Waals surface area contributed by atoms with Crippen molar-refractivity contribution in [2.45, 2.75) is 44.6 Å². The number of piperidine rings is 1. The molecule has 2 heterocycles. The second kappa shape index (κ2) is 6.90. The van der Waals surface area contributed by atoms with E-state index in [2.05, 4.69) is 58.3 Å². The molecule has 0 spiro atoms. The highest BCUT2D eigenvalue weighted by atomic mass is 15.1. The molecule has 1 aliphatic rings. The molecule has 0 aliphatic carbocycles. The fraction of sp³-hybridized carbons (Fsp3) is 0.500. The Morgan fingerprint density at radius 3 is 2.95 bits per heavy atom. The summed E-state index contributed by atoms with van der Waals surface area (Å²) in [6, 6.07) is 11.3. The molecule has 0 radical (unpaired) electrons. The van der Waals surface area contributed by atoms with Gasteiger partial charge in [0.15, 0.2) is 0 Å². The lowest BCUT2D eigenvalue weighted by Crippen LogP contribution is -2.29. The van der Waals surface area contributed by atoms with Gasteiger partial charge in [-0.25, -0.2) is 4.98 Å². The third kappa shape index (κ3) is 3.53. The molecule has 1 aromatic carbocycles. The monoisotopic (exact) mass is 283 g/mol. The molecule has 1 aliphatic heterocycles. The molecule has 1 aromatic heterocycles. The Hall–Kier alpha value is -1.61. The fourth-order valence-electron chi connectivity index (χ4n) is 3.26. The Morgan fingerprint density at radius 2 is 2.19 bits per heavy atom. The highest BCUT2D eigenvalue weighted by Gasteiger charge is 2.20. The molecule has 1 N–H and O–H groups in total. The van der Waals surface area contributed by atoms with Crippen molar-refractivity contribution in [2.75, 3.05) is 13.1 Å². The van der Waals surface area contributed by atoms with Gasteiger partial charge in [0, 0.05) is 30.4 Å². The van der Waals surface area contributed by atoms with Crippen molar-refractivity contribution >= 4 is 0 Å². The van der Waals surface area contributed by atoms with Crippen LogP contribution in [0.3, 0.4) is 0 Å². The van der Waals surface area contributed by atoms with Crippen LogP contribution in [0.15, 0.2) is 42.9 Å². The van der Waals surface area contributed by atoms with E-state index in [9.17, 15) is 0 Å². The molecule has 21 heavy (non-hydrogen) atoms. The zero-order valence-corrected chi connectivity index (χ0v) is 12.8. The predicted octanol–water partition coefficient (Wildman–Crippen LogP) is 3.54. The maximum atomic E-state index is 4.41. The minimum absolute atomic E-state index is 0.504. The van der Waals surface area contributed by atoms with Crippen LogP contribution in [0.1, 0.15) is 49.4 Å². The van der Waals surface area contributed by atoms with Gasteiger partial charge >= 0.3 is 0 Å². The number of nitrogens with zero attached hydrogens (tertiary/aromatic N) is 2. The molecule has 0 amide bonds. The van der Waals surface area contributed by atoms with Gasteiger partial charge in [-0.2, -0.15) is 0 Å². The minimum Gasteiger partial charge on any atom is -0.331 e. The molecule has 2 aromatic rings. The zero-order chi connectivity index (χ0) is 14.5. The number of nitrogens with one attached hydrogen (secondary N) is 1. The molecular formula is C18H25N3. The van der Waals surface area contributed by atoms with E-state index in [0.29, 0.717) is 12.0 Å². The maximum Gasteiger partial charge on any atom is 0.0950 e. The van der Waals surface area contributed by atoms with Crippen LogP contribution in [0, 0.1) is 0 Å². The van der Waals surface area contributed by atoms with Crippen LogP contribution in [-0.4, -0.2) is 22.6 Å². The van der Waals surface area contributed by atoms with Crippen LogP contribution < -0.4 is 5.32 Å². The largest absolute Gasteiger partial charge is 0.331 e. The summed E-state index contributed by atoms with van der Waals surface area (Å²) in [7, 11) is 0. The van der Waals surface area contributed by atoms with Gasteiger partial charge < -0.3 is 9.88 Å². The van der Waals surface area contributed by atoms with Gasteiger partial charge in [-0.3, -0.25) is 0 Å². The quantitative estimate of drug-likeness (QED) is 0.909. The van der Waals surface area contributed by atoms with Crippen molar-refractivity contribution in [3.8, 4) is 0 Å². The third-order valence-corrected chi connectivity index (χ3v) is 4.58. The molecule has 2 atom stereocenters. The molecule has 3 heteroatoms. The molecule has 1 fully saturated rings. The summed E-state index contributed by atoms with van der Waals surface area (Å²) in [6.45, 7) is 4.57. The second-order valence-corrected chi connectivity index (χ2v) is 6.14. The summed E-state index contributed by atoms with van der Waals surface area (Å²) in [5.41, 5.74) is 2.83. The van der Waals surface area contributed by atoms with Gasteiger partial charge in [0.05, 0.1) is 6.33 Å². The fourth-order valence-corrected chi connectivity index (χ4v) is 3.26. The number of hydrogen-bond acceptors (Lipinski definition) is 2. The van der Waals surface area contributed by atoms with E-state index < -0.39 is 0 Å². The number of hydrogen-bond donors (Lipinski definition) is 1. The van der Waals surface area contributed by atoms with Crippen LogP contribution in [-0.2, 0) is 6.42 Å². The molecule has 3 nitrogen and oxygen atoms in total. The van der Waals surface area contributed by atoms with Gasteiger partial charge in [0.2, 0.25) is 0 Å². The number of rotatable bonds is 5. The first-order chi connectivity index (χ1) is 10.3. The Morgan fingerprint density at radius 1 is 1.33 bits per heavy atom. The van der Waals surface area contributed by atoms with Crippen LogP contribution >= 0.6 is 0 Å². The van der Waals surface area contributed by atoms with E-state index in [1.165, 1.54) is 24.1 Å². The summed E-state index contributed by atoms with van der Waals surface area (Å²) in [5.74, 6) is 0.625. The first-order valence-electron chi connectivity index (χ1n) is 8.11. The number of aryl methyl sites for hydroxylation is 1. The number of imidazole rings is 1. The average molecular weight is 283 g/mol. The summed E-state index contributed by atoms with van der Waals surface area (Å²) >= 11 is 0. The first kappa shape index (κ1) is 14.3. The van der Waals surface area contributed by atoms with Crippen LogP contribution in [0.25, 0.3) is 0 Å². The smallest absolute Gasteiger partial charge is 0.0950 e. The highest BCUT2D eigenvalue weighted by Crippen LogP contribution is 2.26. The molecule has 112 valence electrons. The minimum atomic E-state index is 0.504. The van der Waals surface area contributed by atoms with Gasteiger partial charge in [-0.05, 0) is 44.7 Å². The third-order valence-electron chi connectivity index (χ3n) is 4.58. The van der Waals surface area contributed by atoms with Gasteiger partial charge in [-0.1, -0.05) is 30.3 Å². The molecule has 0 bridgehead atoms. The summed E-state index contributed by atoms with van der Waals surface area (Å²) < 4.78 is 2.39. The first-order valence-corrected chi connectivity index (χ1v) is 8.11. The van der Waals surface area contributed by atoms with Crippen LogP contribution in [0.2, 0.25) is 0 Å². The Labute approximate surface area is 127 Å². The zero-order valence-electron chi connectivity index (χ0n) is 12.8. The SMILES string of the molecule is CC(CCc1ccccc1)n1cncc1C1CCCNC1. The van der Waals surface area contributed by atoms with Crippen molar-refractivity contribution in [3.63, 3.8) is 0 Å². The summed E-state index contributed by atoms with van der Waals surface area (Å²) in [4.78, 5) is 4.41. The lowest BCUT2D eigenvalue weighted by Gasteiger charge is -2.26. The highest BCUT2D eigenvalue weighted by molar-refractivity contribution is 5.15. The molecule has 3 rings (SSSR count). The summed E-state index contributed by atoms with van der Waals surface area (Å²) in [6.07, 6.45) is 8.92. The van der Waals surface area contributed by atoms with Crippen molar-refractivity contribution in [1.82, 2.24) is 14.9 Å². The van der Waals surface area contributed by atoms with Gasteiger partial charge in [0.25, 0.3) is 0 Å². The van der Waals surface area contributed by atoms with Crippen LogP contribution in [0.5, 0.6) is 0 Å². The number of benzene rings is 1. The van der Waals surface area contributed by atoms with Crippen molar-refractivity contribution in [2.24, 2.45) is 0 Å². The number of aromatic nitrogens is 2. The van der Waals surface area contributed by atoms with Crippen molar-refractivity contribution in [3.05, 3.63) is 54.1 Å². The topological polar surface area (TPSA) is 29.9 Å². The molecule has 2 unspecified atom stereocenters. The maximum absolute atomic E-state index is 4.41. The normalized spacial score (nSPS) is 20.3. The van der Waals surface area contributed by atoms with E-state index in [-0.39, 0.29) is 0 Å². The van der Waals surface area contributed by atoms with E-state index in [4.69, 9.17) is 0 Å². The van der Waals surface area contributed by atoms with Crippen molar-refractivity contribution < 1.29 is 0 Å². The average Bonchev–Trinajstić information content (AvgIpc) is 3.04. The van der Waals surface area contributed by atoms with E-state index in [1.807, 2.05) is 6.33 Å². The molecule has 0 saturated carbocycles. The molecule has 1 saturated heterocycles. The second-order valence-electron chi connectivity index (χ2n) is 6.14. The Balaban J connectivity index is 1.64. The standard InChI is InChI=1S/C18H25N3/c1-15(9-10-16-6-3-2-4-7-16)21-14-20-13-18(21)17-8-5-11-19-12-17/h2-4,6-7,13-15,17,19H,5,8-12H2,1H3. The Kier molecular flexibility index (Phi) is 4.71. The van der Waals surface area contributed by atoms with Gasteiger partial charge in [0.1, 0.15) is 0 Å². The lowest BCUT2D eigenvalue weighted by molar-refractivity contribution is 0.416. The molecular weight excluding hydrogens is 258 g/mol. The van der Waals surface area contributed by atoms with E-state index >= 15 is 0 Å². The van der Waals surface area contributed by atoms with E-state index in [0.717, 1.165) is 25.9 Å².